The van der Waals surface area contributed by atoms with E-state index in [1.807, 2.05) is 41.3 Å². The quantitative estimate of drug-likeness (QED) is 0.114. The number of thioether (sulfide) groups is 1. The van der Waals surface area contributed by atoms with Gasteiger partial charge in [0, 0.05) is 75.4 Å². The van der Waals surface area contributed by atoms with E-state index >= 15 is 0 Å². The summed E-state index contributed by atoms with van der Waals surface area (Å²) in [5.74, 6) is 1.29. The number of carbonyl (C=O) groups excluding carboxylic acids is 1. The van der Waals surface area contributed by atoms with Gasteiger partial charge in [0.05, 0.1) is 16.3 Å². The van der Waals surface area contributed by atoms with E-state index in [1.165, 1.54) is 17.8 Å². The van der Waals surface area contributed by atoms with Crippen LogP contribution in [0, 0.1) is 0 Å². The van der Waals surface area contributed by atoms with Crippen molar-refractivity contribution in [3.63, 3.8) is 0 Å². The third kappa shape index (κ3) is 7.65. The topological polar surface area (TPSA) is 55.8 Å². The van der Waals surface area contributed by atoms with Crippen LogP contribution in [0.1, 0.15) is 21.5 Å². The van der Waals surface area contributed by atoms with Crippen LogP contribution in [0.5, 0.6) is 0 Å². The number of hydrogen-bond donors (Lipinski definition) is 0. The Labute approximate surface area is 279 Å². The van der Waals surface area contributed by atoms with Crippen molar-refractivity contribution in [2.45, 2.75) is 17.1 Å². The van der Waals surface area contributed by atoms with Crippen molar-refractivity contribution >= 4 is 58.1 Å². The third-order valence-corrected chi connectivity index (χ3v) is 9.56. The molecular formula is C33H31Cl2F3N6OS. The van der Waals surface area contributed by atoms with Gasteiger partial charge >= 0.3 is 6.18 Å². The summed E-state index contributed by atoms with van der Waals surface area (Å²) in [7, 11) is 0. The van der Waals surface area contributed by atoms with Gasteiger partial charge in [0.25, 0.3) is 5.91 Å². The van der Waals surface area contributed by atoms with Crippen LogP contribution in [0.2, 0.25) is 10.2 Å². The summed E-state index contributed by atoms with van der Waals surface area (Å²) in [5.41, 5.74) is 2.45. The molecule has 2 fully saturated rings. The van der Waals surface area contributed by atoms with Crippen molar-refractivity contribution in [3.8, 4) is 0 Å². The molecule has 1 amide bonds. The number of halogens is 5. The van der Waals surface area contributed by atoms with Crippen LogP contribution in [0.4, 0.5) is 30.4 Å². The van der Waals surface area contributed by atoms with Crippen LogP contribution >= 0.6 is 35.0 Å². The van der Waals surface area contributed by atoms with Gasteiger partial charge in [-0.2, -0.15) is 13.2 Å². The lowest BCUT2D eigenvalue weighted by atomic mass is 10.1. The zero-order valence-corrected chi connectivity index (χ0v) is 27.1. The Morgan fingerprint density at radius 2 is 1.43 bits per heavy atom. The number of rotatable bonds is 7. The minimum absolute atomic E-state index is 0.0969. The van der Waals surface area contributed by atoms with E-state index in [0.29, 0.717) is 53.5 Å². The molecule has 13 heteroatoms. The first-order valence-electron chi connectivity index (χ1n) is 14.9. The van der Waals surface area contributed by atoms with Crippen molar-refractivity contribution in [2.24, 2.45) is 0 Å². The Hall–Kier alpha value is -3.67. The van der Waals surface area contributed by atoms with Gasteiger partial charge in [0.1, 0.15) is 11.0 Å². The molecule has 0 spiro atoms. The molecule has 0 atom stereocenters. The summed E-state index contributed by atoms with van der Waals surface area (Å²) in [5, 5.41) is 1.71. The lowest BCUT2D eigenvalue weighted by Gasteiger charge is -2.37. The first kappa shape index (κ1) is 32.3. The Morgan fingerprint density at radius 3 is 2.13 bits per heavy atom. The largest absolute Gasteiger partial charge is 0.416 e. The molecular weight excluding hydrogens is 656 g/mol. The van der Waals surface area contributed by atoms with Crippen LogP contribution < -0.4 is 14.7 Å². The zero-order chi connectivity index (χ0) is 32.3. The van der Waals surface area contributed by atoms with Crippen LogP contribution in [0.15, 0.2) is 84.0 Å². The summed E-state index contributed by atoms with van der Waals surface area (Å²) in [4.78, 5) is 30.4. The average Bonchev–Trinajstić information content (AvgIpc) is 3.07. The smallest absolute Gasteiger partial charge is 0.368 e. The van der Waals surface area contributed by atoms with Crippen molar-refractivity contribution in [3.05, 3.63) is 106 Å². The highest BCUT2D eigenvalue weighted by Crippen LogP contribution is 2.32. The lowest BCUT2D eigenvalue weighted by Crippen LogP contribution is -2.48. The Morgan fingerprint density at radius 1 is 0.761 bits per heavy atom. The number of aromatic nitrogens is 2. The number of nitrogens with zero attached hydrogens (tertiary/aromatic N) is 6. The fourth-order valence-electron chi connectivity index (χ4n) is 5.62. The van der Waals surface area contributed by atoms with Gasteiger partial charge in [-0.3, -0.25) is 4.79 Å². The molecule has 0 unspecified atom stereocenters. The molecule has 3 aromatic carbocycles. The van der Waals surface area contributed by atoms with Gasteiger partial charge in [-0.1, -0.05) is 65.3 Å². The van der Waals surface area contributed by atoms with Gasteiger partial charge in [-0.15, -0.1) is 0 Å². The fourth-order valence-corrected chi connectivity index (χ4v) is 6.91. The lowest BCUT2D eigenvalue weighted by molar-refractivity contribution is -0.137. The zero-order valence-electron chi connectivity index (χ0n) is 24.8. The second kappa shape index (κ2) is 14.0. The summed E-state index contributed by atoms with van der Waals surface area (Å²) in [6, 6.07) is 22.4. The Balaban J connectivity index is 1.01. The van der Waals surface area contributed by atoms with Crippen LogP contribution in [0.3, 0.4) is 0 Å². The fraction of sp³-hybridized carbons (Fsp3) is 0.303. The third-order valence-electron chi connectivity index (χ3n) is 8.13. The first-order chi connectivity index (χ1) is 22.1. The van der Waals surface area contributed by atoms with Gasteiger partial charge in [-0.25, -0.2) is 9.97 Å². The Bertz CT molecular complexity index is 1680. The summed E-state index contributed by atoms with van der Waals surface area (Å²) < 4.78 is 39.4. The minimum Gasteiger partial charge on any atom is -0.368 e. The Kier molecular flexibility index (Phi) is 9.81. The molecule has 6 rings (SSSR count). The molecule has 0 radical (unpaired) electrons. The van der Waals surface area contributed by atoms with Gasteiger partial charge < -0.3 is 19.6 Å². The monoisotopic (exact) mass is 686 g/mol. The standard InChI is InChI=1S/C33H31Cl2F3N6OS/c34-27-6-1-2-7-28(27)42-14-16-43(17-15-42)30-21-29(35)39-32(40-30)46-22-23-8-10-24(11-9-23)31(45)44-18-12-41(13-19-44)26-5-3-4-25(20-26)33(36,37)38/h1-11,20-21H,12-19,22H2. The molecule has 0 aliphatic carbocycles. The number of benzene rings is 3. The predicted octanol–water partition coefficient (Wildman–Crippen LogP) is 7.38. The molecule has 46 heavy (non-hydrogen) atoms. The summed E-state index contributed by atoms with van der Waals surface area (Å²) in [6.07, 6.45) is -4.39. The predicted molar refractivity (Wildman–Crippen MR) is 178 cm³/mol. The van der Waals surface area contributed by atoms with Gasteiger partial charge in [0.15, 0.2) is 5.16 Å². The number of anilines is 3. The number of hydrogen-bond acceptors (Lipinski definition) is 7. The summed E-state index contributed by atoms with van der Waals surface area (Å²) >= 11 is 14.3. The molecule has 7 nitrogen and oxygen atoms in total. The van der Waals surface area contributed by atoms with Crippen LogP contribution in [-0.4, -0.2) is 73.1 Å². The molecule has 2 aliphatic heterocycles. The van der Waals surface area contributed by atoms with Crippen LogP contribution in [-0.2, 0) is 11.9 Å². The number of alkyl halides is 3. The average molecular weight is 688 g/mol. The highest BCUT2D eigenvalue weighted by atomic mass is 35.5. The maximum absolute atomic E-state index is 13.2. The van der Waals surface area contributed by atoms with E-state index in [2.05, 4.69) is 14.8 Å². The van der Waals surface area contributed by atoms with Gasteiger partial charge in [-0.05, 0) is 48.0 Å². The molecule has 2 saturated heterocycles. The molecule has 240 valence electrons. The number of carbonyl (C=O) groups is 1. The highest BCUT2D eigenvalue weighted by molar-refractivity contribution is 7.98. The molecule has 0 N–H and O–H groups in total. The number of para-hydroxylation sites is 1. The second-order valence-electron chi connectivity index (χ2n) is 11.1. The highest BCUT2D eigenvalue weighted by Gasteiger charge is 2.31. The van der Waals surface area contributed by atoms with Crippen molar-refractivity contribution in [1.82, 2.24) is 14.9 Å². The summed E-state index contributed by atoms with van der Waals surface area (Å²) in [6.45, 7) is 4.94. The number of amides is 1. The minimum atomic E-state index is -4.39. The van der Waals surface area contributed by atoms with E-state index < -0.39 is 11.7 Å². The van der Waals surface area contributed by atoms with Gasteiger partial charge in [0.2, 0.25) is 0 Å². The molecule has 0 saturated carbocycles. The molecule has 0 bridgehead atoms. The SMILES string of the molecule is O=C(c1ccc(CSc2nc(Cl)cc(N3CCN(c4ccccc4Cl)CC3)n2)cc1)N1CCN(c2cccc(C(F)(F)F)c2)CC1. The van der Waals surface area contributed by atoms with E-state index in [9.17, 15) is 18.0 Å². The first-order valence-corrected chi connectivity index (χ1v) is 16.6. The van der Waals surface area contributed by atoms with E-state index in [1.54, 1.807) is 29.2 Å². The van der Waals surface area contributed by atoms with Crippen molar-refractivity contribution in [2.75, 3.05) is 67.1 Å². The molecule has 3 heterocycles. The van der Waals surface area contributed by atoms with Crippen LogP contribution in [0.25, 0.3) is 0 Å². The maximum Gasteiger partial charge on any atom is 0.416 e. The maximum atomic E-state index is 13.2. The molecule has 4 aromatic rings. The van der Waals surface area contributed by atoms with Crippen molar-refractivity contribution in [1.29, 1.82) is 0 Å². The normalized spacial score (nSPS) is 15.8. The molecule has 1 aromatic heterocycles. The molecule has 2 aliphatic rings. The van der Waals surface area contributed by atoms with E-state index in [-0.39, 0.29) is 5.91 Å². The van der Waals surface area contributed by atoms with E-state index in [0.717, 1.165) is 60.4 Å². The number of piperazine rings is 2. The van der Waals surface area contributed by atoms with Crippen molar-refractivity contribution < 1.29 is 18.0 Å². The second-order valence-corrected chi connectivity index (χ2v) is 12.8. The van der Waals surface area contributed by atoms with E-state index in [4.69, 9.17) is 28.2 Å².